The maximum Gasteiger partial charge on any atom is 0.249 e. The molecule has 2 fully saturated rings. The Bertz CT molecular complexity index is 225. The maximum atomic E-state index is 11.7. The number of halogens is 1. The average molecular weight is 232 g/mol. The first-order valence-corrected chi connectivity index (χ1v) is 6.24. The Morgan fingerprint density at radius 1 is 1.40 bits per heavy atom. The minimum atomic E-state index is -0.234. The van der Waals surface area contributed by atoms with Crippen LogP contribution in [0.1, 0.15) is 32.1 Å². The van der Waals surface area contributed by atoms with Crippen molar-refractivity contribution in [1.29, 1.82) is 0 Å². The van der Waals surface area contributed by atoms with Gasteiger partial charge in [-0.1, -0.05) is 0 Å². The van der Waals surface area contributed by atoms with Gasteiger partial charge in [0.05, 0.1) is 5.38 Å². The Morgan fingerprint density at radius 2 is 2.20 bits per heavy atom. The fraction of sp³-hybridized carbons (Fsp3) is 0.909. The third-order valence-corrected chi connectivity index (χ3v) is 3.59. The molecule has 0 bridgehead atoms. The van der Waals surface area contributed by atoms with Crippen LogP contribution in [0.4, 0.5) is 0 Å². The monoisotopic (exact) mass is 231 g/mol. The van der Waals surface area contributed by atoms with Crippen molar-refractivity contribution in [3.05, 3.63) is 0 Å². The van der Waals surface area contributed by atoms with Crippen LogP contribution < -0.4 is 5.32 Å². The molecule has 15 heavy (non-hydrogen) atoms. The van der Waals surface area contributed by atoms with Crippen LogP contribution in [0.5, 0.6) is 0 Å². The molecule has 86 valence electrons. The van der Waals surface area contributed by atoms with E-state index in [1.165, 1.54) is 12.8 Å². The number of hydrogen-bond acceptors (Lipinski definition) is 2. The summed E-state index contributed by atoms with van der Waals surface area (Å²) in [6.07, 6.45) is 5.20. The van der Waals surface area contributed by atoms with Gasteiger partial charge in [-0.2, -0.15) is 0 Å². The molecule has 0 radical (unpaired) electrons. The number of carbonyl (C=O) groups is 1. The number of alkyl halides is 1. The summed E-state index contributed by atoms with van der Waals surface area (Å²) in [6.45, 7) is 1.30. The molecular weight excluding hydrogens is 214 g/mol. The van der Waals surface area contributed by atoms with Crippen molar-refractivity contribution in [2.45, 2.75) is 43.6 Å². The summed E-state index contributed by atoms with van der Waals surface area (Å²) in [7, 11) is 0. The van der Waals surface area contributed by atoms with Crippen molar-refractivity contribution in [3.8, 4) is 0 Å². The van der Waals surface area contributed by atoms with Gasteiger partial charge in [-0.3, -0.25) is 4.79 Å². The van der Waals surface area contributed by atoms with E-state index in [-0.39, 0.29) is 17.4 Å². The van der Waals surface area contributed by atoms with Gasteiger partial charge >= 0.3 is 0 Å². The van der Waals surface area contributed by atoms with Gasteiger partial charge in [-0.15, -0.1) is 11.6 Å². The van der Waals surface area contributed by atoms with Crippen LogP contribution in [0.15, 0.2) is 0 Å². The summed E-state index contributed by atoms with van der Waals surface area (Å²) in [6, 6.07) is 0. The summed E-state index contributed by atoms with van der Waals surface area (Å²) < 4.78 is 5.39. The molecule has 1 amide bonds. The molecule has 1 aliphatic carbocycles. The minimum absolute atomic E-state index is 0.0148. The van der Waals surface area contributed by atoms with Gasteiger partial charge in [0.25, 0.3) is 0 Å². The minimum Gasteiger partial charge on any atom is -0.368 e. The number of ether oxygens (including phenoxy) is 1. The van der Waals surface area contributed by atoms with Crippen LogP contribution in [0.3, 0.4) is 0 Å². The van der Waals surface area contributed by atoms with E-state index in [2.05, 4.69) is 5.32 Å². The highest BCUT2D eigenvalue weighted by molar-refractivity contribution is 6.21. The second kappa shape index (κ2) is 5.17. The van der Waals surface area contributed by atoms with Gasteiger partial charge in [0.15, 0.2) is 0 Å². The fourth-order valence-corrected chi connectivity index (χ4v) is 2.21. The lowest BCUT2D eigenvalue weighted by atomic mass is 10.1. The summed E-state index contributed by atoms with van der Waals surface area (Å²) >= 11 is 6.11. The second-order valence-electron chi connectivity index (χ2n) is 4.45. The molecule has 2 unspecified atom stereocenters. The first kappa shape index (κ1) is 11.2. The topological polar surface area (TPSA) is 38.3 Å². The van der Waals surface area contributed by atoms with Crippen LogP contribution in [0.2, 0.25) is 0 Å². The van der Waals surface area contributed by atoms with E-state index >= 15 is 0 Å². The van der Waals surface area contributed by atoms with Gasteiger partial charge in [-0.05, 0) is 38.0 Å². The molecule has 1 aliphatic heterocycles. The highest BCUT2D eigenvalue weighted by Gasteiger charge is 2.30. The third-order valence-electron chi connectivity index (χ3n) is 3.08. The Hall–Kier alpha value is -0.280. The first-order valence-electron chi connectivity index (χ1n) is 5.81. The van der Waals surface area contributed by atoms with Gasteiger partial charge in [-0.25, -0.2) is 0 Å². The van der Waals surface area contributed by atoms with Crippen molar-refractivity contribution in [2.24, 2.45) is 5.92 Å². The van der Waals surface area contributed by atoms with E-state index in [1.54, 1.807) is 0 Å². The molecule has 0 aromatic heterocycles. The Kier molecular flexibility index (Phi) is 3.87. The Morgan fingerprint density at radius 3 is 2.80 bits per heavy atom. The molecule has 4 heteroatoms. The summed E-state index contributed by atoms with van der Waals surface area (Å²) in [4.78, 5) is 11.7. The first-order chi connectivity index (χ1) is 7.27. The molecule has 1 N–H and O–H groups in total. The van der Waals surface area contributed by atoms with Crippen molar-refractivity contribution in [1.82, 2.24) is 5.32 Å². The molecule has 0 aromatic carbocycles. The molecule has 0 spiro atoms. The summed E-state index contributed by atoms with van der Waals surface area (Å²) in [5.41, 5.74) is 0. The highest BCUT2D eigenvalue weighted by Crippen LogP contribution is 2.35. The van der Waals surface area contributed by atoms with Gasteiger partial charge in [0.2, 0.25) is 5.91 Å². The largest absolute Gasteiger partial charge is 0.368 e. The van der Waals surface area contributed by atoms with Crippen molar-refractivity contribution < 1.29 is 9.53 Å². The lowest BCUT2D eigenvalue weighted by molar-refractivity contribution is -0.135. The van der Waals surface area contributed by atoms with E-state index in [1.807, 2.05) is 0 Å². The number of amides is 1. The van der Waals surface area contributed by atoms with Crippen LogP contribution in [0, 0.1) is 5.92 Å². The molecule has 1 saturated carbocycles. The summed E-state index contributed by atoms with van der Waals surface area (Å²) in [5, 5.41) is 2.99. The van der Waals surface area contributed by atoms with E-state index in [9.17, 15) is 4.79 Å². The average Bonchev–Trinajstić information content (AvgIpc) is 3.10. The van der Waals surface area contributed by atoms with Crippen molar-refractivity contribution in [3.63, 3.8) is 0 Å². The fourth-order valence-electron chi connectivity index (χ4n) is 1.88. The maximum absolute atomic E-state index is 11.7. The zero-order chi connectivity index (χ0) is 10.7. The van der Waals surface area contributed by atoms with Crippen LogP contribution in [-0.4, -0.2) is 30.5 Å². The highest BCUT2D eigenvalue weighted by atomic mass is 35.5. The number of hydrogen-bond donors (Lipinski definition) is 1. The van der Waals surface area contributed by atoms with Crippen molar-refractivity contribution >= 4 is 17.5 Å². The second-order valence-corrected chi connectivity index (χ2v) is 5.01. The number of carbonyl (C=O) groups excluding carboxylic acids is 1. The van der Waals surface area contributed by atoms with Crippen molar-refractivity contribution in [2.75, 3.05) is 13.2 Å². The van der Waals surface area contributed by atoms with Crippen LogP contribution in [-0.2, 0) is 9.53 Å². The Labute approximate surface area is 95.5 Å². The van der Waals surface area contributed by atoms with Gasteiger partial charge < -0.3 is 10.1 Å². The quantitative estimate of drug-likeness (QED) is 0.748. The molecule has 1 heterocycles. The third kappa shape index (κ3) is 3.35. The Balaban J connectivity index is 1.66. The molecule has 3 nitrogen and oxygen atoms in total. The molecule has 1 saturated heterocycles. The lowest BCUT2D eigenvalue weighted by Crippen LogP contribution is -2.41. The SMILES string of the molecule is O=C(NCC(Cl)C1CC1)C1CCCCO1. The zero-order valence-corrected chi connectivity index (χ0v) is 9.63. The zero-order valence-electron chi connectivity index (χ0n) is 8.88. The number of nitrogens with one attached hydrogen (secondary N) is 1. The summed E-state index contributed by atoms with van der Waals surface area (Å²) in [5.74, 6) is 0.639. The molecule has 2 rings (SSSR count). The van der Waals surface area contributed by atoms with Gasteiger partial charge in [0.1, 0.15) is 6.10 Å². The lowest BCUT2D eigenvalue weighted by Gasteiger charge is -2.22. The predicted molar refractivity (Wildman–Crippen MR) is 59.0 cm³/mol. The van der Waals surface area contributed by atoms with E-state index in [0.717, 1.165) is 19.3 Å². The molecule has 2 aliphatic rings. The normalized spacial score (nSPS) is 28.5. The van der Waals surface area contributed by atoms with E-state index < -0.39 is 0 Å². The molecule has 2 atom stereocenters. The van der Waals surface area contributed by atoms with Gasteiger partial charge in [0, 0.05) is 13.2 Å². The van der Waals surface area contributed by atoms with Crippen LogP contribution in [0.25, 0.3) is 0 Å². The van der Waals surface area contributed by atoms with Crippen LogP contribution >= 0.6 is 11.6 Å². The standard InChI is InChI=1S/C11H18ClNO2/c12-9(8-4-5-8)7-13-11(14)10-3-1-2-6-15-10/h8-10H,1-7H2,(H,13,14). The number of rotatable bonds is 4. The molecule has 0 aromatic rings. The predicted octanol–water partition coefficient (Wildman–Crippen LogP) is 1.69. The van der Waals surface area contributed by atoms with E-state index in [4.69, 9.17) is 16.3 Å². The molecular formula is C11H18ClNO2. The smallest absolute Gasteiger partial charge is 0.249 e. The van der Waals surface area contributed by atoms with E-state index in [0.29, 0.717) is 19.1 Å².